The lowest BCUT2D eigenvalue weighted by Crippen LogP contribution is -2.09. The Morgan fingerprint density at radius 2 is 0.969 bits per heavy atom. The molecule has 64 heavy (non-hydrogen) atoms. The molecular formula is C61H43NO2. The van der Waals surface area contributed by atoms with Crippen LogP contribution in [0.3, 0.4) is 0 Å². The Labute approximate surface area is 373 Å². The van der Waals surface area contributed by atoms with E-state index < -0.39 is 0 Å². The molecule has 0 amide bonds. The van der Waals surface area contributed by atoms with Gasteiger partial charge in [-0.05, 0) is 129 Å². The lowest BCUT2D eigenvalue weighted by atomic mass is 9.90. The largest absolute Gasteiger partial charge is 0.461 e. The average Bonchev–Trinajstić information content (AvgIpc) is 3.90. The standard InChI is InChI=1S/C61H43NO2/c1-41(24-35-53-42(2)63-59-22-11-9-20-55(53)59)47-31-36-54(58(39-47)49-32-37-57-56-21-10-12-23-60(56)64-61(57)40-49)46-27-25-45(26-28-46)48-16-13-19-52(38-48)62(50-17-7-4-8-18-50)51-33-29-44(30-34-51)43-14-5-3-6-15-43/h3-40H,1H2,2H3/b35-24-. The van der Waals surface area contributed by atoms with Crippen molar-refractivity contribution >= 4 is 61.6 Å². The lowest BCUT2D eigenvalue weighted by Gasteiger charge is -2.26. The van der Waals surface area contributed by atoms with Gasteiger partial charge in [-0.2, -0.15) is 0 Å². The van der Waals surface area contributed by atoms with Crippen molar-refractivity contribution in [3.05, 3.63) is 248 Å². The zero-order chi connectivity index (χ0) is 43.0. The Balaban J connectivity index is 0.947. The van der Waals surface area contributed by atoms with Crippen molar-refractivity contribution in [3.63, 3.8) is 0 Å². The summed E-state index contributed by atoms with van der Waals surface area (Å²) < 4.78 is 12.4. The van der Waals surface area contributed by atoms with E-state index in [0.717, 1.165) is 106 Å². The number of hydrogen-bond acceptors (Lipinski definition) is 3. The summed E-state index contributed by atoms with van der Waals surface area (Å²) in [5.41, 5.74) is 18.0. The molecule has 0 fully saturated rings. The second-order valence-electron chi connectivity index (χ2n) is 16.2. The number of para-hydroxylation sites is 3. The van der Waals surface area contributed by atoms with Gasteiger partial charge in [-0.1, -0.05) is 170 Å². The SMILES string of the molecule is C=C(/C=C\c1c(C)oc2ccccc12)c1ccc(-c2ccc(-c3cccc(N(c4ccccc4)c4ccc(-c5ccccc5)cc4)c3)cc2)c(-c2ccc3c(c2)oc2ccccc23)c1. The third-order valence-electron chi connectivity index (χ3n) is 12.2. The Hall–Kier alpha value is -8.40. The summed E-state index contributed by atoms with van der Waals surface area (Å²) in [7, 11) is 0. The molecule has 0 saturated heterocycles. The second kappa shape index (κ2) is 16.5. The Morgan fingerprint density at radius 3 is 1.75 bits per heavy atom. The van der Waals surface area contributed by atoms with Crippen molar-refractivity contribution in [1.29, 1.82) is 0 Å². The van der Waals surface area contributed by atoms with E-state index in [2.05, 4.69) is 212 Å². The van der Waals surface area contributed by atoms with Crippen LogP contribution in [0.5, 0.6) is 0 Å². The molecule has 9 aromatic carbocycles. The summed E-state index contributed by atoms with van der Waals surface area (Å²) in [5, 5.41) is 3.32. The smallest absolute Gasteiger partial charge is 0.136 e. The molecule has 11 rings (SSSR count). The quantitative estimate of drug-likeness (QED) is 0.129. The second-order valence-corrected chi connectivity index (χ2v) is 16.2. The van der Waals surface area contributed by atoms with Gasteiger partial charge in [0.25, 0.3) is 0 Å². The molecule has 3 nitrogen and oxygen atoms in total. The molecule has 0 aliphatic carbocycles. The van der Waals surface area contributed by atoms with Crippen LogP contribution in [0, 0.1) is 6.92 Å². The van der Waals surface area contributed by atoms with Gasteiger partial charge in [0.2, 0.25) is 0 Å². The number of hydrogen-bond donors (Lipinski definition) is 0. The predicted octanol–water partition coefficient (Wildman–Crippen LogP) is 17.5. The van der Waals surface area contributed by atoms with Crippen LogP contribution in [0.15, 0.2) is 240 Å². The lowest BCUT2D eigenvalue weighted by molar-refractivity contribution is 0.577. The highest BCUT2D eigenvalue weighted by molar-refractivity contribution is 6.06. The highest BCUT2D eigenvalue weighted by Crippen LogP contribution is 2.41. The highest BCUT2D eigenvalue weighted by Gasteiger charge is 2.17. The molecule has 3 heteroatoms. The number of aryl methyl sites for hydroxylation is 1. The van der Waals surface area contributed by atoms with E-state index in [9.17, 15) is 0 Å². The molecule has 0 saturated carbocycles. The van der Waals surface area contributed by atoms with Crippen molar-refractivity contribution in [2.45, 2.75) is 6.92 Å². The van der Waals surface area contributed by atoms with Crippen LogP contribution < -0.4 is 4.90 Å². The van der Waals surface area contributed by atoms with Crippen molar-refractivity contribution in [3.8, 4) is 44.5 Å². The fourth-order valence-electron chi connectivity index (χ4n) is 8.93. The minimum atomic E-state index is 0.864. The summed E-state index contributed by atoms with van der Waals surface area (Å²) in [6.07, 6.45) is 4.21. The van der Waals surface area contributed by atoms with Crippen molar-refractivity contribution < 1.29 is 8.83 Å². The van der Waals surface area contributed by atoms with Gasteiger partial charge in [0.15, 0.2) is 0 Å². The summed E-state index contributed by atoms with van der Waals surface area (Å²) in [5.74, 6) is 0.887. The third kappa shape index (κ3) is 7.29. The Kier molecular flexibility index (Phi) is 9.91. The molecule has 2 aromatic heterocycles. The zero-order valence-corrected chi connectivity index (χ0v) is 35.4. The molecule has 304 valence electrons. The normalized spacial score (nSPS) is 11.5. The van der Waals surface area contributed by atoms with Crippen LogP contribution in [-0.4, -0.2) is 0 Å². The summed E-state index contributed by atoms with van der Waals surface area (Å²) >= 11 is 0. The van der Waals surface area contributed by atoms with Gasteiger partial charge in [-0.15, -0.1) is 0 Å². The predicted molar refractivity (Wildman–Crippen MR) is 269 cm³/mol. The van der Waals surface area contributed by atoms with Gasteiger partial charge >= 0.3 is 0 Å². The Morgan fingerprint density at radius 1 is 0.406 bits per heavy atom. The monoisotopic (exact) mass is 821 g/mol. The van der Waals surface area contributed by atoms with E-state index in [0.29, 0.717) is 0 Å². The molecule has 0 unspecified atom stereocenters. The number of allylic oxidation sites excluding steroid dienone is 2. The highest BCUT2D eigenvalue weighted by atomic mass is 16.3. The van der Waals surface area contributed by atoms with Gasteiger partial charge in [-0.25, -0.2) is 0 Å². The number of benzene rings is 9. The summed E-state index contributed by atoms with van der Waals surface area (Å²) in [4.78, 5) is 2.32. The van der Waals surface area contributed by atoms with Crippen LogP contribution in [0.2, 0.25) is 0 Å². The van der Waals surface area contributed by atoms with Crippen molar-refractivity contribution in [1.82, 2.24) is 0 Å². The van der Waals surface area contributed by atoms with E-state index in [1.54, 1.807) is 0 Å². The van der Waals surface area contributed by atoms with Crippen LogP contribution in [-0.2, 0) is 0 Å². The average molecular weight is 822 g/mol. The number of furan rings is 2. The molecular weight excluding hydrogens is 779 g/mol. The van der Waals surface area contributed by atoms with E-state index >= 15 is 0 Å². The first kappa shape index (κ1) is 38.5. The molecule has 0 atom stereocenters. The molecule has 11 aromatic rings. The first-order valence-corrected chi connectivity index (χ1v) is 21.7. The number of rotatable bonds is 10. The van der Waals surface area contributed by atoms with Gasteiger partial charge in [0, 0.05) is 38.8 Å². The fraction of sp³-hybridized carbons (Fsp3) is 0.0164. The fourth-order valence-corrected chi connectivity index (χ4v) is 8.93. The molecule has 0 spiro atoms. The van der Waals surface area contributed by atoms with Crippen LogP contribution in [0.25, 0.3) is 89.1 Å². The molecule has 0 aliphatic rings. The molecule has 0 radical (unpaired) electrons. The minimum Gasteiger partial charge on any atom is -0.461 e. The maximum Gasteiger partial charge on any atom is 0.136 e. The van der Waals surface area contributed by atoms with E-state index in [1.807, 2.05) is 37.3 Å². The van der Waals surface area contributed by atoms with Crippen molar-refractivity contribution in [2.24, 2.45) is 0 Å². The maximum absolute atomic E-state index is 6.39. The van der Waals surface area contributed by atoms with E-state index in [1.165, 1.54) is 11.1 Å². The van der Waals surface area contributed by atoms with Crippen LogP contribution in [0.4, 0.5) is 17.1 Å². The number of anilines is 3. The topological polar surface area (TPSA) is 29.5 Å². The van der Waals surface area contributed by atoms with Gasteiger partial charge in [-0.3, -0.25) is 0 Å². The molecule has 2 heterocycles. The van der Waals surface area contributed by atoms with Crippen LogP contribution >= 0.6 is 0 Å². The molecule has 0 N–H and O–H groups in total. The van der Waals surface area contributed by atoms with Gasteiger partial charge in [0.05, 0.1) is 0 Å². The molecule has 0 bridgehead atoms. The number of fused-ring (bicyclic) bond motifs is 4. The Bertz CT molecular complexity index is 3500. The molecule has 0 aliphatic heterocycles. The third-order valence-corrected chi connectivity index (χ3v) is 12.2. The summed E-state index contributed by atoms with van der Waals surface area (Å²) in [6.45, 7) is 6.54. The first-order chi connectivity index (χ1) is 31.5. The number of nitrogens with zero attached hydrogens (tertiary/aromatic N) is 1. The minimum absolute atomic E-state index is 0.864. The van der Waals surface area contributed by atoms with Gasteiger partial charge < -0.3 is 13.7 Å². The zero-order valence-electron chi connectivity index (χ0n) is 35.4. The first-order valence-electron chi connectivity index (χ1n) is 21.7. The van der Waals surface area contributed by atoms with E-state index in [4.69, 9.17) is 8.83 Å². The summed E-state index contributed by atoms with van der Waals surface area (Å²) in [6, 6.07) is 77.2. The van der Waals surface area contributed by atoms with E-state index in [-0.39, 0.29) is 0 Å². The van der Waals surface area contributed by atoms with Gasteiger partial charge in [0.1, 0.15) is 22.5 Å². The van der Waals surface area contributed by atoms with Crippen molar-refractivity contribution in [2.75, 3.05) is 4.90 Å². The van der Waals surface area contributed by atoms with Crippen LogP contribution in [0.1, 0.15) is 16.9 Å². The maximum atomic E-state index is 6.39.